The molecule has 0 bridgehead atoms. The molecular weight excluding hydrogens is 452 g/mol. The van der Waals surface area contributed by atoms with E-state index < -0.39 is 0 Å². The second-order valence-electron chi connectivity index (χ2n) is 9.36. The summed E-state index contributed by atoms with van der Waals surface area (Å²) in [6, 6.07) is 19.7. The van der Waals surface area contributed by atoms with Gasteiger partial charge in [-0.25, -0.2) is 9.97 Å². The Bertz CT molecular complexity index is 1300. The first-order valence-electron chi connectivity index (χ1n) is 12.3. The third kappa shape index (κ3) is 5.69. The molecular formula is C29H32N4O3. The molecule has 0 spiro atoms. The lowest BCUT2D eigenvalue weighted by Crippen LogP contribution is -2.32. The SMILES string of the molecule is COc1cc2c(Nc3ccc(Oc4ccc(C)cc4)cc3)ncnc2cc1OCC1CCN(C)CC1. The van der Waals surface area contributed by atoms with Gasteiger partial charge in [0.05, 0.1) is 19.2 Å². The van der Waals surface area contributed by atoms with Crippen molar-refractivity contribution in [1.82, 2.24) is 14.9 Å². The minimum Gasteiger partial charge on any atom is -0.493 e. The van der Waals surface area contributed by atoms with E-state index in [4.69, 9.17) is 14.2 Å². The van der Waals surface area contributed by atoms with Crippen LogP contribution in [0.25, 0.3) is 10.9 Å². The lowest BCUT2D eigenvalue weighted by Gasteiger charge is -2.28. The largest absolute Gasteiger partial charge is 0.493 e. The van der Waals surface area contributed by atoms with Crippen LogP contribution in [0.4, 0.5) is 11.5 Å². The molecule has 0 unspecified atom stereocenters. The Morgan fingerprint density at radius 1 is 0.917 bits per heavy atom. The number of piperidine rings is 1. The minimum atomic E-state index is 0.558. The van der Waals surface area contributed by atoms with E-state index >= 15 is 0 Å². The third-order valence-electron chi connectivity index (χ3n) is 6.61. The van der Waals surface area contributed by atoms with Gasteiger partial charge in [-0.2, -0.15) is 0 Å². The molecule has 1 N–H and O–H groups in total. The van der Waals surface area contributed by atoms with Crippen LogP contribution in [0.2, 0.25) is 0 Å². The molecule has 0 radical (unpaired) electrons. The molecule has 0 aliphatic carbocycles. The molecule has 7 nitrogen and oxygen atoms in total. The molecule has 5 rings (SSSR count). The summed E-state index contributed by atoms with van der Waals surface area (Å²) in [4.78, 5) is 11.3. The summed E-state index contributed by atoms with van der Waals surface area (Å²) in [5.41, 5.74) is 2.89. The van der Waals surface area contributed by atoms with E-state index in [2.05, 4.69) is 34.2 Å². The lowest BCUT2D eigenvalue weighted by molar-refractivity contribution is 0.157. The highest BCUT2D eigenvalue weighted by Gasteiger charge is 2.19. The van der Waals surface area contributed by atoms with Gasteiger partial charge in [0.25, 0.3) is 0 Å². The van der Waals surface area contributed by atoms with E-state index in [-0.39, 0.29) is 0 Å². The Morgan fingerprint density at radius 3 is 2.31 bits per heavy atom. The fraction of sp³-hybridized carbons (Fsp3) is 0.310. The van der Waals surface area contributed by atoms with Gasteiger partial charge in [0.2, 0.25) is 0 Å². The smallest absolute Gasteiger partial charge is 0.163 e. The molecule has 1 aliphatic rings. The van der Waals surface area contributed by atoms with Gasteiger partial charge in [-0.15, -0.1) is 0 Å². The number of aryl methyl sites for hydroxylation is 1. The number of hydrogen-bond donors (Lipinski definition) is 1. The second kappa shape index (κ2) is 10.8. The number of nitrogens with one attached hydrogen (secondary N) is 1. The van der Waals surface area contributed by atoms with Gasteiger partial charge in [-0.3, -0.25) is 0 Å². The minimum absolute atomic E-state index is 0.558. The average Bonchev–Trinajstić information content (AvgIpc) is 2.90. The van der Waals surface area contributed by atoms with Crippen molar-refractivity contribution in [2.45, 2.75) is 19.8 Å². The van der Waals surface area contributed by atoms with E-state index in [1.54, 1.807) is 13.4 Å². The number of hydrogen-bond acceptors (Lipinski definition) is 7. The highest BCUT2D eigenvalue weighted by molar-refractivity contribution is 5.93. The van der Waals surface area contributed by atoms with E-state index in [9.17, 15) is 0 Å². The number of anilines is 2. The highest BCUT2D eigenvalue weighted by atomic mass is 16.5. The molecule has 7 heteroatoms. The van der Waals surface area contributed by atoms with Gasteiger partial charge in [0.15, 0.2) is 11.5 Å². The lowest BCUT2D eigenvalue weighted by atomic mass is 9.98. The zero-order chi connectivity index (χ0) is 24.9. The summed E-state index contributed by atoms with van der Waals surface area (Å²) in [6.07, 6.45) is 3.86. The van der Waals surface area contributed by atoms with E-state index in [1.807, 2.05) is 60.7 Å². The summed E-state index contributed by atoms with van der Waals surface area (Å²) in [6.45, 7) is 4.97. The van der Waals surface area contributed by atoms with E-state index in [1.165, 1.54) is 5.56 Å². The Balaban J connectivity index is 1.30. The monoisotopic (exact) mass is 484 g/mol. The number of likely N-dealkylation sites (tertiary alicyclic amines) is 1. The number of aromatic nitrogens is 2. The van der Waals surface area contributed by atoms with Crippen molar-refractivity contribution in [3.05, 3.63) is 72.6 Å². The number of rotatable bonds is 8. The van der Waals surface area contributed by atoms with Crippen LogP contribution in [0.5, 0.6) is 23.0 Å². The standard InChI is InChI=1S/C29H32N4O3/c1-20-4-8-23(9-5-20)36-24-10-6-22(7-11-24)32-29-25-16-27(34-3)28(17-26(25)30-19-31-29)35-18-21-12-14-33(2)15-13-21/h4-11,16-17,19,21H,12-15,18H2,1-3H3,(H,30,31,32). The number of fused-ring (bicyclic) bond motifs is 1. The van der Waals surface area contributed by atoms with Crippen molar-refractivity contribution in [1.29, 1.82) is 0 Å². The zero-order valence-corrected chi connectivity index (χ0v) is 21.0. The average molecular weight is 485 g/mol. The number of methoxy groups -OCH3 is 1. The van der Waals surface area contributed by atoms with Crippen LogP contribution in [0.1, 0.15) is 18.4 Å². The van der Waals surface area contributed by atoms with Gasteiger partial charge in [0.1, 0.15) is 23.6 Å². The van der Waals surface area contributed by atoms with Crippen LogP contribution in [-0.2, 0) is 0 Å². The predicted octanol–water partition coefficient (Wildman–Crippen LogP) is 6.20. The zero-order valence-electron chi connectivity index (χ0n) is 21.0. The van der Waals surface area contributed by atoms with Crippen molar-refractivity contribution in [3.8, 4) is 23.0 Å². The summed E-state index contributed by atoms with van der Waals surface area (Å²) in [5.74, 6) is 4.23. The van der Waals surface area contributed by atoms with Crippen molar-refractivity contribution >= 4 is 22.4 Å². The normalized spacial score (nSPS) is 14.5. The Labute approximate surface area is 212 Å². The fourth-order valence-electron chi connectivity index (χ4n) is 4.36. The molecule has 36 heavy (non-hydrogen) atoms. The maximum atomic E-state index is 6.20. The van der Waals surface area contributed by atoms with Crippen LogP contribution >= 0.6 is 0 Å². The second-order valence-corrected chi connectivity index (χ2v) is 9.36. The molecule has 4 aromatic rings. The van der Waals surface area contributed by atoms with Gasteiger partial charge in [-0.1, -0.05) is 17.7 Å². The molecule has 1 aliphatic heterocycles. The molecule has 0 saturated carbocycles. The molecule has 0 amide bonds. The van der Waals surface area contributed by atoms with Crippen molar-refractivity contribution in [2.24, 2.45) is 5.92 Å². The Kier molecular flexibility index (Phi) is 7.18. The maximum Gasteiger partial charge on any atom is 0.163 e. The number of nitrogens with zero attached hydrogens (tertiary/aromatic N) is 3. The van der Waals surface area contributed by atoms with Crippen LogP contribution in [0, 0.1) is 12.8 Å². The van der Waals surface area contributed by atoms with Crippen LogP contribution in [0.15, 0.2) is 67.0 Å². The van der Waals surface area contributed by atoms with E-state index in [0.717, 1.165) is 54.0 Å². The molecule has 1 fully saturated rings. The van der Waals surface area contributed by atoms with Crippen molar-refractivity contribution in [2.75, 3.05) is 39.2 Å². The van der Waals surface area contributed by atoms with Gasteiger partial charge in [-0.05, 0) is 88.3 Å². The highest BCUT2D eigenvalue weighted by Crippen LogP contribution is 2.35. The van der Waals surface area contributed by atoms with Gasteiger partial charge in [0, 0.05) is 17.1 Å². The first kappa shape index (κ1) is 23.9. The maximum absolute atomic E-state index is 6.20. The van der Waals surface area contributed by atoms with E-state index in [0.29, 0.717) is 29.8 Å². The van der Waals surface area contributed by atoms with Crippen molar-refractivity contribution in [3.63, 3.8) is 0 Å². The Morgan fingerprint density at radius 2 is 1.61 bits per heavy atom. The van der Waals surface area contributed by atoms with Crippen LogP contribution < -0.4 is 19.5 Å². The van der Waals surface area contributed by atoms with Crippen LogP contribution in [-0.4, -0.2) is 48.7 Å². The number of benzene rings is 3. The predicted molar refractivity (Wildman–Crippen MR) is 143 cm³/mol. The summed E-state index contributed by atoms with van der Waals surface area (Å²) >= 11 is 0. The van der Waals surface area contributed by atoms with Gasteiger partial charge < -0.3 is 24.4 Å². The molecule has 3 aromatic carbocycles. The summed E-state index contributed by atoms with van der Waals surface area (Å²) in [7, 11) is 3.83. The summed E-state index contributed by atoms with van der Waals surface area (Å²) < 4.78 is 17.8. The molecule has 186 valence electrons. The Hall–Kier alpha value is -3.84. The fourth-order valence-corrected chi connectivity index (χ4v) is 4.36. The molecule has 2 heterocycles. The quantitative estimate of drug-likeness (QED) is 0.319. The van der Waals surface area contributed by atoms with Crippen molar-refractivity contribution < 1.29 is 14.2 Å². The third-order valence-corrected chi connectivity index (χ3v) is 6.61. The topological polar surface area (TPSA) is 68.7 Å². The van der Waals surface area contributed by atoms with Gasteiger partial charge >= 0.3 is 0 Å². The van der Waals surface area contributed by atoms with Crippen LogP contribution in [0.3, 0.4) is 0 Å². The number of ether oxygens (including phenoxy) is 3. The molecule has 0 atom stereocenters. The first-order chi connectivity index (χ1) is 17.6. The summed E-state index contributed by atoms with van der Waals surface area (Å²) in [5, 5.41) is 4.26. The molecule has 1 aromatic heterocycles. The molecule has 1 saturated heterocycles. The first-order valence-corrected chi connectivity index (χ1v) is 12.3.